The molecule has 2 aromatic carbocycles. The van der Waals surface area contributed by atoms with E-state index >= 15 is 0 Å². The van der Waals surface area contributed by atoms with Gasteiger partial charge in [0.15, 0.2) is 0 Å². The number of piperazine rings is 1. The number of halogens is 2. The number of carbonyl (C=O) groups excluding carboxylic acids is 1. The second-order valence-electron chi connectivity index (χ2n) is 7.40. The molecule has 166 valence electrons. The first-order valence-corrected chi connectivity index (χ1v) is 10.3. The standard InChI is InChI=1S/C23H32N4O.2ClH/c1-3-24-18-20-8-4-5-10-22(20)25-23(28)11-12-26-13-15-27(16-14-26)21-9-6-7-19(2)17-21;;/h4-10,17,24H,3,11-16,18H2,1-2H3,(H,25,28);2*1H. The molecule has 0 saturated carbocycles. The van der Waals surface area contributed by atoms with Crippen molar-refractivity contribution in [2.75, 3.05) is 49.5 Å². The number of carbonyl (C=O) groups is 1. The molecule has 1 saturated heterocycles. The maximum atomic E-state index is 12.4. The lowest BCUT2D eigenvalue weighted by molar-refractivity contribution is -0.116. The molecule has 0 bridgehead atoms. The number of amides is 1. The summed E-state index contributed by atoms with van der Waals surface area (Å²) in [7, 11) is 0. The van der Waals surface area contributed by atoms with Gasteiger partial charge in [0.25, 0.3) is 0 Å². The van der Waals surface area contributed by atoms with Crippen molar-refractivity contribution >= 4 is 42.1 Å². The van der Waals surface area contributed by atoms with Crippen molar-refractivity contribution in [2.24, 2.45) is 0 Å². The van der Waals surface area contributed by atoms with E-state index in [0.29, 0.717) is 6.42 Å². The Hall–Kier alpha value is -1.79. The molecular formula is C23H34Cl2N4O. The molecule has 1 heterocycles. The Morgan fingerprint density at radius 1 is 1.00 bits per heavy atom. The molecule has 1 aliphatic rings. The molecule has 1 fully saturated rings. The van der Waals surface area contributed by atoms with Crippen LogP contribution in [0.15, 0.2) is 48.5 Å². The summed E-state index contributed by atoms with van der Waals surface area (Å²) >= 11 is 0. The van der Waals surface area contributed by atoms with Gasteiger partial charge in [-0.2, -0.15) is 0 Å². The number of nitrogens with zero attached hydrogens (tertiary/aromatic N) is 2. The fraction of sp³-hybridized carbons (Fsp3) is 0.435. The van der Waals surface area contributed by atoms with Crippen LogP contribution in [0.2, 0.25) is 0 Å². The number of para-hydroxylation sites is 1. The molecule has 1 amide bonds. The van der Waals surface area contributed by atoms with Gasteiger partial charge in [0.1, 0.15) is 0 Å². The molecule has 3 rings (SSSR count). The first-order chi connectivity index (χ1) is 13.7. The van der Waals surface area contributed by atoms with Gasteiger partial charge in [-0.1, -0.05) is 37.3 Å². The SMILES string of the molecule is CCNCc1ccccc1NC(=O)CCN1CCN(c2cccc(C)c2)CC1.Cl.Cl. The zero-order valence-electron chi connectivity index (χ0n) is 17.9. The van der Waals surface area contributed by atoms with Crippen LogP contribution in [0.4, 0.5) is 11.4 Å². The number of benzene rings is 2. The van der Waals surface area contributed by atoms with E-state index < -0.39 is 0 Å². The minimum absolute atomic E-state index is 0. The summed E-state index contributed by atoms with van der Waals surface area (Å²) in [5, 5.41) is 6.40. The maximum Gasteiger partial charge on any atom is 0.225 e. The van der Waals surface area contributed by atoms with Crippen LogP contribution in [-0.2, 0) is 11.3 Å². The van der Waals surface area contributed by atoms with Gasteiger partial charge in [0, 0.05) is 57.1 Å². The average Bonchev–Trinajstić information content (AvgIpc) is 2.72. The van der Waals surface area contributed by atoms with Crippen LogP contribution in [0.25, 0.3) is 0 Å². The Balaban J connectivity index is 0.00000225. The average molecular weight is 453 g/mol. The van der Waals surface area contributed by atoms with E-state index in [1.165, 1.54) is 11.3 Å². The Morgan fingerprint density at radius 2 is 1.73 bits per heavy atom. The summed E-state index contributed by atoms with van der Waals surface area (Å²) in [6.45, 7) is 10.7. The predicted octanol–water partition coefficient (Wildman–Crippen LogP) is 4.10. The summed E-state index contributed by atoms with van der Waals surface area (Å²) in [6, 6.07) is 16.7. The fourth-order valence-electron chi connectivity index (χ4n) is 3.58. The smallest absolute Gasteiger partial charge is 0.225 e. The molecule has 2 aromatic rings. The first kappa shape index (κ1) is 26.2. The molecule has 2 N–H and O–H groups in total. The summed E-state index contributed by atoms with van der Waals surface area (Å²) < 4.78 is 0. The molecule has 5 nitrogen and oxygen atoms in total. The second-order valence-corrected chi connectivity index (χ2v) is 7.40. The van der Waals surface area contributed by atoms with Crippen LogP contribution in [0.5, 0.6) is 0 Å². The normalized spacial score (nSPS) is 13.9. The Labute approximate surface area is 193 Å². The zero-order valence-corrected chi connectivity index (χ0v) is 19.5. The van der Waals surface area contributed by atoms with Crippen molar-refractivity contribution < 1.29 is 4.79 Å². The van der Waals surface area contributed by atoms with Crippen molar-refractivity contribution in [3.05, 3.63) is 59.7 Å². The highest BCUT2D eigenvalue weighted by atomic mass is 35.5. The Kier molecular flexibility index (Phi) is 11.8. The molecule has 30 heavy (non-hydrogen) atoms. The van der Waals surface area contributed by atoms with Crippen molar-refractivity contribution in [1.82, 2.24) is 10.2 Å². The number of nitrogens with one attached hydrogen (secondary N) is 2. The summed E-state index contributed by atoms with van der Waals surface area (Å²) in [6.07, 6.45) is 0.528. The number of rotatable bonds is 8. The number of aryl methyl sites for hydroxylation is 1. The number of anilines is 2. The molecule has 0 unspecified atom stereocenters. The highest BCUT2D eigenvalue weighted by Gasteiger charge is 2.18. The van der Waals surface area contributed by atoms with Crippen molar-refractivity contribution in [2.45, 2.75) is 26.8 Å². The van der Waals surface area contributed by atoms with Gasteiger partial charge >= 0.3 is 0 Å². The monoisotopic (exact) mass is 452 g/mol. The van der Waals surface area contributed by atoms with E-state index in [1.807, 2.05) is 18.2 Å². The van der Waals surface area contributed by atoms with Gasteiger partial charge < -0.3 is 15.5 Å². The van der Waals surface area contributed by atoms with Gasteiger partial charge in [-0.25, -0.2) is 0 Å². The third-order valence-corrected chi connectivity index (χ3v) is 5.25. The maximum absolute atomic E-state index is 12.4. The number of hydrogen-bond donors (Lipinski definition) is 2. The molecule has 7 heteroatoms. The van der Waals surface area contributed by atoms with Gasteiger partial charge in [-0.15, -0.1) is 24.8 Å². The van der Waals surface area contributed by atoms with Crippen LogP contribution >= 0.6 is 24.8 Å². The first-order valence-electron chi connectivity index (χ1n) is 10.3. The van der Waals surface area contributed by atoms with E-state index in [9.17, 15) is 4.79 Å². The highest BCUT2D eigenvalue weighted by Crippen LogP contribution is 2.18. The van der Waals surface area contributed by atoms with Crippen molar-refractivity contribution in [3.63, 3.8) is 0 Å². The molecule has 0 atom stereocenters. The van der Waals surface area contributed by atoms with E-state index in [-0.39, 0.29) is 30.7 Å². The number of hydrogen-bond acceptors (Lipinski definition) is 4. The Bertz CT molecular complexity index is 779. The van der Waals surface area contributed by atoms with Crippen LogP contribution in [0.3, 0.4) is 0 Å². The van der Waals surface area contributed by atoms with Crippen molar-refractivity contribution in [1.29, 1.82) is 0 Å². The van der Waals surface area contributed by atoms with Crippen LogP contribution in [-0.4, -0.2) is 50.1 Å². The van der Waals surface area contributed by atoms with Gasteiger partial charge in [-0.05, 0) is 42.8 Å². The summed E-state index contributed by atoms with van der Waals surface area (Å²) in [5.41, 5.74) is 4.64. The van der Waals surface area contributed by atoms with Gasteiger partial charge in [-0.3, -0.25) is 9.69 Å². The van der Waals surface area contributed by atoms with E-state index in [1.54, 1.807) is 0 Å². The molecule has 1 aliphatic heterocycles. The summed E-state index contributed by atoms with van der Waals surface area (Å²) in [5.74, 6) is 0.0880. The summed E-state index contributed by atoms with van der Waals surface area (Å²) in [4.78, 5) is 17.3. The van der Waals surface area contributed by atoms with E-state index in [2.05, 4.69) is 64.6 Å². The van der Waals surface area contributed by atoms with Crippen molar-refractivity contribution in [3.8, 4) is 0 Å². The van der Waals surface area contributed by atoms with Gasteiger partial charge in [0.2, 0.25) is 5.91 Å². The zero-order chi connectivity index (χ0) is 19.8. The second kappa shape index (κ2) is 13.5. The Morgan fingerprint density at radius 3 is 2.43 bits per heavy atom. The third-order valence-electron chi connectivity index (χ3n) is 5.25. The highest BCUT2D eigenvalue weighted by molar-refractivity contribution is 5.91. The molecule has 0 spiro atoms. The third kappa shape index (κ3) is 7.80. The fourth-order valence-corrected chi connectivity index (χ4v) is 3.58. The lowest BCUT2D eigenvalue weighted by Crippen LogP contribution is -2.47. The predicted molar refractivity (Wildman–Crippen MR) is 131 cm³/mol. The van der Waals surface area contributed by atoms with Crippen LogP contribution < -0.4 is 15.5 Å². The molecular weight excluding hydrogens is 419 g/mol. The molecule has 0 aliphatic carbocycles. The lowest BCUT2D eigenvalue weighted by atomic mass is 10.1. The van der Waals surface area contributed by atoms with Crippen LogP contribution in [0, 0.1) is 6.92 Å². The van der Waals surface area contributed by atoms with Crippen LogP contribution in [0.1, 0.15) is 24.5 Å². The van der Waals surface area contributed by atoms with E-state index in [0.717, 1.165) is 57.1 Å². The quantitative estimate of drug-likeness (QED) is 0.632. The minimum Gasteiger partial charge on any atom is -0.369 e. The molecule has 0 aromatic heterocycles. The topological polar surface area (TPSA) is 47.6 Å². The van der Waals surface area contributed by atoms with Gasteiger partial charge in [0.05, 0.1) is 0 Å². The van der Waals surface area contributed by atoms with E-state index in [4.69, 9.17) is 0 Å². The largest absolute Gasteiger partial charge is 0.369 e. The lowest BCUT2D eigenvalue weighted by Gasteiger charge is -2.36. The minimum atomic E-state index is 0. The molecule has 0 radical (unpaired) electrons.